The highest BCUT2D eigenvalue weighted by atomic mass is 32.2. The van der Waals surface area contributed by atoms with E-state index < -0.39 is 0 Å². The lowest BCUT2D eigenvalue weighted by Gasteiger charge is -2.39. The first kappa shape index (κ1) is 15.9. The molecule has 0 aromatic heterocycles. The van der Waals surface area contributed by atoms with Crippen LogP contribution in [0.3, 0.4) is 0 Å². The van der Waals surface area contributed by atoms with E-state index in [-0.39, 0.29) is 16.0 Å². The first-order valence-electron chi connectivity index (χ1n) is 7.25. The van der Waals surface area contributed by atoms with Crippen LogP contribution in [-0.2, 0) is 20.0 Å². The summed E-state index contributed by atoms with van der Waals surface area (Å²) >= 11 is 3.82. The minimum Gasteiger partial charge on any atom is -0.496 e. The fourth-order valence-electron chi connectivity index (χ4n) is 3.38. The third-order valence-electron chi connectivity index (χ3n) is 4.31. The van der Waals surface area contributed by atoms with Gasteiger partial charge in [-0.05, 0) is 25.0 Å². The lowest BCUT2D eigenvalue weighted by atomic mass is 9.82. The van der Waals surface area contributed by atoms with E-state index in [0.29, 0.717) is 6.42 Å². The van der Waals surface area contributed by atoms with Gasteiger partial charge in [-0.15, -0.1) is 23.5 Å². The van der Waals surface area contributed by atoms with E-state index in [4.69, 9.17) is 14.2 Å². The molecule has 1 spiro atoms. The highest BCUT2D eigenvalue weighted by Crippen LogP contribution is 2.62. The number of hydrogen-bond acceptors (Lipinski definition) is 6. The van der Waals surface area contributed by atoms with Gasteiger partial charge in [0.15, 0.2) is 0 Å². The van der Waals surface area contributed by atoms with Crippen molar-refractivity contribution in [3.63, 3.8) is 0 Å². The van der Waals surface area contributed by atoms with Gasteiger partial charge in [-0.2, -0.15) is 0 Å². The van der Waals surface area contributed by atoms with Gasteiger partial charge >= 0.3 is 5.97 Å². The van der Waals surface area contributed by atoms with Crippen molar-refractivity contribution in [3.8, 4) is 11.5 Å². The summed E-state index contributed by atoms with van der Waals surface area (Å²) in [7, 11) is 4.83. The summed E-state index contributed by atoms with van der Waals surface area (Å²) in [6.45, 7) is 0. The van der Waals surface area contributed by atoms with Gasteiger partial charge in [0.05, 0.1) is 31.3 Å². The van der Waals surface area contributed by atoms with Crippen LogP contribution in [0, 0.1) is 5.92 Å². The van der Waals surface area contributed by atoms with Crippen molar-refractivity contribution in [2.45, 2.75) is 16.9 Å². The Labute approximate surface area is 139 Å². The fourth-order valence-corrected chi connectivity index (χ4v) is 6.92. The number of rotatable bonds is 3. The van der Waals surface area contributed by atoms with Crippen LogP contribution in [0.25, 0.3) is 0 Å². The Bertz CT molecular complexity index is 582. The average molecular weight is 340 g/mol. The van der Waals surface area contributed by atoms with Gasteiger partial charge in [0.25, 0.3) is 0 Å². The number of fused-ring (bicyclic) bond motifs is 2. The van der Waals surface area contributed by atoms with Crippen molar-refractivity contribution in [2.75, 3.05) is 32.8 Å². The van der Waals surface area contributed by atoms with Gasteiger partial charge in [-0.1, -0.05) is 0 Å². The molecular formula is C16H20O4S2. The molecule has 0 amide bonds. The second-order valence-electron chi connectivity index (χ2n) is 5.40. The predicted molar refractivity (Wildman–Crippen MR) is 90.0 cm³/mol. The topological polar surface area (TPSA) is 44.8 Å². The molecule has 1 heterocycles. The van der Waals surface area contributed by atoms with Crippen molar-refractivity contribution >= 4 is 29.5 Å². The van der Waals surface area contributed by atoms with Crippen LogP contribution in [-0.4, -0.2) is 38.8 Å². The second kappa shape index (κ2) is 6.24. The van der Waals surface area contributed by atoms with Gasteiger partial charge in [0.1, 0.15) is 11.5 Å². The highest BCUT2D eigenvalue weighted by molar-refractivity contribution is 8.20. The lowest BCUT2D eigenvalue weighted by molar-refractivity contribution is -0.145. The second-order valence-corrected chi connectivity index (χ2v) is 8.45. The zero-order valence-electron chi connectivity index (χ0n) is 13.0. The van der Waals surface area contributed by atoms with E-state index in [2.05, 4.69) is 0 Å². The Morgan fingerprint density at radius 3 is 2.36 bits per heavy atom. The number of benzene rings is 1. The Balaban J connectivity index is 2.16. The number of carbonyl (C=O) groups is 1. The van der Waals surface area contributed by atoms with Crippen LogP contribution in [0.5, 0.6) is 11.5 Å². The van der Waals surface area contributed by atoms with Gasteiger partial charge in [-0.3, -0.25) is 4.79 Å². The molecule has 0 bridgehead atoms. The molecule has 1 aliphatic carbocycles. The van der Waals surface area contributed by atoms with Gasteiger partial charge in [0, 0.05) is 22.6 Å². The van der Waals surface area contributed by atoms with Crippen LogP contribution >= 0.6 is 23.5 Å². The summed E-state index contributed by atoms with van der Waals surface area (Å²) in [5, 5.41) is 0. The number of ether oxygens (including phenoxy) is 3. The maximum atomic E-state index is 12.2. The molecule has 6 heteroatoms. The van der Waals surface area contributed by atoms with E-state index in [1.165, 1.54) is 12.7 Å². The first-order valence-corrected chi connectivity index (χ1v) is 9.22. The largest absolute Gasteiger partial charge is 0.496 e. The molecule has 1 aromatic rings. The number of hydrogen-bond donors (Lipinski definition) is 0. The summed E-state index contributed by atoms with van der Waals surface area (Å²) in [6.07, 6.45) is 1.43. The average Bonchev–Trinajstić information content (AvgIpc) is 3.01. The van der Waals surface area contributed by atoms with Crippen LogP contribution in [0.1, 0.15) is 17.5 Å². The first-order chi connectivity index (χ1) is 10.6. The molecule has 1 atom stereocenters. The summed E-state index contributed by atoms with van der Waals surface area (Å²) in [6, 6.07) is 3.90. The van der Waals surface area contributed by atoms with E-state index in [0.717, 1.165) is 35.0 Å². The zero-order chi connectivity index (χ0) is 15.7. The number of esters is 1. The summed E-state index contributed by atoms with van der Waals surface area (Å²) in [5.41, 5.74) is 2.28. The predicted octanol–water partition coefficient (Wildman–Crippen LogP) is 3.07. The van der Waals surface area contributed by atoms with Gasteiger partial charge in [0.2, 0.25) is 0 Å². The van der Waals surface area contributed by atoms with Crippen LogP contribution < -0.4 is 9.47 Å². The monoisotopic (exact) mass is 340 g/mol. The number of methoxy groups -OCH3 is 3. The molecule has 1 saturated heterocycles. The van der Waals surface area contributed by atoms with Crippen molar-refractivity contribution in [1.82, 2.24) is 0 Å². The fraction of sp³-hybridized carbons (Fsp3) is 0.562. The quantitative estimate of drug-likeness (QED) is 0.788. The molecule has 1 fully saturated rings. The smallest absolute Gasteiger partial charge is 0.309 e. The molecule has 1 aromatic carbocycles. The Hall–Kier alpha value is -1.01. The molecule has 2 aliphatic rings. The minimum atomic E-state index is -0.136. The summed E-state index contributed by atoms with van der Waals surface area (Å²) in [4.78, 5) is 12.2. The standard InChI is InChI=1S/C16H20O4S2/c1-18-12-4-5-13(19-2)14-11(12)8-10(15(17)20-3)9-16(14)21-6-7-22-16/h4-5,10H,6-9H2,1-3H3. The molecule has 0 N–H and O–H groups in total. The molecule has 22 heavy (non-hydrogen) atoms. The van der Waals surface area contributed by atoms with Crippen LogP contribution in [0.15, 0.2) is 12.1 Å². The summed E-state index contributed by atoms with van der Waals surface area (Å²) < 4.78 is 16.0. The third-order valence-corrected chi connectivity index (χ3v) is 7.76. The van der Waals surface area contributed by atoms with E-state index in [1.807, 2.05) is 35.7 Å². The van der Waals surface area contributed by atoms with Gasteiger partial charge < -0.3 is 14.2 Å². The molecule has 0 radical (unpaired) electrons. The molecule has 0 saturated carbocycles. The maximum Gasteiger partial charge on any atom is 0.309 e. The normalized spacial score (nSPS) is 22.2. The Morgan fingerprint density at radius 2 is 1.77 bits per heavy atom. The van der Waals surface area contributed by atoms with Crippen molar-refractivity contribution in [3.05, 3.63) is 23.3 Å². The molecule has 4 nitrogen and oxygen atoms in total. The van der Waals surface area contributed by atoms with E-state index in [9.17, 15) is 4.79 Å². The zero-order valence-corrected chi connectivity index (χ0v) is 14.6. The van der Waals surface area contributed by atoms with Gasteiger partial charge in [-0.25, -0.2) is 0 Å². The summed E-state index contributed by atoms with van der Waals surface area (Å²) in [5.74, 6) is 3.62. The van der Waals surface area contributed by atoms with Crippen LogP contribution in [0.2, 0.25) is 0 Å². The Kier molecular flexibility index (Phi) is 4.50. The number of carbonyl (C=O) groups excluding carboxylic acids is 1. The molecule has 120 valence electrons. The third kappa shape index (κ3) is 2.46. The van der Waals surface area contributed by atoms with Crippen molar-refractivity contribution < 1.29 is 19.0 Å². The SMILES string of the molecule is COC(=O)C1Cc2c(OC)ccc(OC)c2C2(C1)SCCS2. The molecule has 3 rings (SSSR count). The van der Waals surface area contributed by atoms with E-state index >= 15 is 0 Å². The van der Waals surface area contributed by atoms with E-state index in [1.54, 1.807) is 14.2 Å². The Morgan fingerprint density at radius 1 is 1.14 bits per heavy atom. The maximum absolute atomic E-state index is 12.2. The highest BCUT2D eigenvalue weighted by Gasteiger charge is 2.48. The molecular weight excluding hydrogens is 320 g/mol. The van der Waals surface area contributed by atoms with Crippen molar-refractivity contribution in [2.24, 2.45) is 5.92 Å². The number of thioether (sulfide) groups is 2. The molecule has 1 aliphatic heterocycles. The minimum absolute atomic E-state index is 0.128. The lowest BCUT2D eigenvalue weighted by Crippen LogP contribution is -2.33. The molecule has 1 unspecified atom stereocenters. The van der Waals surface area contributed by atoms with Crippen LogP contribution in [0.4, 0.5) is 0 Å². The van der Waals surface area contributed by atoms with Crippen molar-refractivity contribution in [1.29, 1.82) is 0 Å².